The normalized spacial score (nSPS) is 11.4. The van der Waals surface area contributed by atoms with E-state index in [-0.39, 0.29) is 11.3 Å². The zero-order chi connectivity index (χ0) is 10.1. The van der Waals surface area contributed by atoms with Crippen LogP contribution in [0.1, 0.15) is 21.6 Å². The molecule has 1 heterocycles. The van der Waals surface area contributed by atoms with Gasteiger partial charge in [0.05, 0.1) is 5.56 Å². The second-order valence-corrected chi connectivity index (χ2v) is 2.48. The number of halogens is 3. The summed E-state index contributed by atoms with van der Waals surface area (Å²) in [6, 6.07) is 0.850. The molecular formula is C8H6F3NO. The maximum atomic E-state index is 12.2. The molecule has 13 heavy (non-hydrogen) atoms. The number of aromatic nitrogens is 1. The fourth-order valence-corrected chi connectivity index (χ4v) is 0.978. The fraction of sp³-hybridized carbons (Fsp3) is 0.250. The summed E-state index contributed by atoms with van der Waals surface area (Å²) >= 11 is 0. The molecule has 0 aliphatic carbocycles. The average Bonchev–Trinajstić information content (AvgIpc) is 2.02. The van der Waals surface area contributed by atoms with Gasteiger partial charge in [-0.05, 0) is 18.6 Å². The average molecular weight is 189 g/mol. The molecule has 0 saturated carbocycles. The van der Waals surface area contributed by atoms with E-state index in [4.69, 9.17) is 0 Å². The first-order valence-corrected chi connectivity index (χ1v) is 3.45. The highest BCUT2D eigenvalue weighted by molar-refractivity contribution is 5.74. The van der Waals surface area contributed by atoms with Gasteiger partial charge in [0.15, 0.2) is 6.29 Å². The minimum Gasteiger partial charge on any atom is -0.296 e. The van der Waals surface area contributed by atoms with Crippen molar-refractivity contribution in [2.45, 2.75) is 13.1 Å². The smallest absolute Gasteiger partial charge is 0.296 e. The summed E-state index contributed by atoms with van der Waals surface area (Å²) in [5.41, 5.74) is -1.12. The number of alkyl halides is 3. The molecule has 0 unspecified atom stereocenters. The predicted molar refractivity (Wildman–Crippen MR) is 39.4 cm³/mol. The highest BCUT2D eigenvalue weighted by Gasteiger charge is 2.33. The second-order valence-electron chi connectivity index (χ2n) is 2.48. The monoisotopic (exact) mass is 189 g/mol. The van der Waals surface area contributed by atoms with Crippen LogP contribution in [0, 0.1) is 6.92 Å². The zero-order valence-electron chi connectivity index (χ0n) is 6.72. The number of hydrogen-bond donors (Lipinski definition) is 0. The van der Waals surface area contributed by atoms with Gasteiger partial charge >= 0.3 is 6.18 Å². The third-order valence-corrected chi connectivity index (χ3v) is 1.66. The highest BCUT2D eigenvalue weighted by atomic mass is 19.4. The molecule has 70 valence electrons. The molecule has 0 atom stereocenters. The van der Waals surface area contributed by atoms with E-state index >= 15 is 0 Å². The molecule has 5 heteroatoms. The zero-order valence-corrected chi connectivity index (χ0v) is 6.72. The van der Waals surface area contributed by atoms with Crippen LogP contribution in [0.4, 0.5) is 13.2 Å². The standard InChI is InChI=1S/C8H6F3NO/c1-5-6(8(9,10)11)2-3-12-7(5)4-13/h2-4H,1H3. The van der Waals surface area contributed by atoms with E-state index in [1.165, 1.54) is 6.92 Å². The van der Waals surface area contributed by atoms with Crippen LogP contribution in [-0.2, 0) is 6.18 Å². The maximum Gasteiger partial charge on any atom is 0.416 e. The van der Waals surface area contributed by atoms with Gasteiger partial charge in [0.2, 0.25) is 0 Å². The van der Waals surface area contributed by atoms with Crippen LogP contribution in [0.2, 0.25) is 0 Å². The van der Waals surface area contributed by atoms with E-state index in [2.05, 4.69) is 4.98 Å². The number of rotatable bonds is 1. The minimum absolute atomic E-state index is 0.134. The molecule has 0 bridgehead atoms. The lowest BCUT2D eigenvalue weighted by atomic mass is 10.1. The molecule has 0 N–H and O–H groups in total. The molecule has 0 aliphatic rings. The van der Waals surface area contributed by atoms with E-state index in [9.17, 15) is 18.0 Å². The molecule has 1 rings (SSSR count). The molecule has 0 fully saturated rings. The van der Waals surface area contributed by atoms with E-state index in [1.54, 1.807) is 0 Å². The number of carbonyl (C=O) groups excluding carboxylic acids is 1. The van der Waals surface area contributed by atoms with Crippen LogP contribution >= 0.6 is 0 Å². The predicted octanol–water partition coefficient (Wildman–Crippen LogP) is 2.22. The van der Waals surface area contributed by atoms with Gasteiger partial charge in [-0.2, -0.15) is 13.2 Å². The highest BCUT2D eigenvalue weighted by Crippen LogP contribution is 2.31. The number of carbonyl (C=O) groups is 1. The van der Waals surface area contributed by atoms with Crippen LogP contribution in [0.5, 0.6) is 0 Å². The Balaban J connectivity index is 3.32. The summed E-state index contributed by atoms with van der Waals surface area (Å²) in [6.45, 7) is 1.22. The first-order chi connectivity index (χ1) is 5.96. The van der Waals surface area contributed by atoms with Crippen molar-refractivity contribution < 1.29 is 18.0 Å². The number of nitrogens with zero attached hydrogens (tertiary/aromatic N) is 1. The Kier molecular flexibility index (Phi) is 2.36. The van der Waals surface area contributed by atoms with Crippen LogP contribution in [0.15, 0.2) is 12.3 Å². The van der Waals surface area contributed by atoms with E-state index in [0.29, 0.717) is 6.29 Å². The second kappa shape index (κ2) is 3.16. The maximum absolute atomic E-state index is 12.2. The van der Waals surface area contributed by atoms with Crippen molar-refractivity contribution in [3.63, 3.8) is 0 Å². The van der Waals surface area contributed by atoms with Crippen molar-refractivity contribution in [2.75, 3.05) is 0 Å². The van der Waals surface area contributed by atoms with Crippen molar-refractivity contribution >= 4 is 6.29 Å². The van der Waals surface area contributed by atoms with Crippen LogP contribution < -0.4 is 0 Å². The molecule has 1 aromatic heterocycles. The lowest BCUT2D eigenvalue weighted by Gasteiger charge is -2.09. The quantitative estimate of drug-likeness (QED) is 0.634. The first-order valence-electron chi connectivity index (χ1n) is 3.45. The lowest BCUT2D eigenvalue weighted by Crippen LogP contribution is -2.09. The fourth-order valence-electron chi connectivity index (χ4n) is 0.978. The summed E-state index contributed by atoms with van der Waals surface area (Å²) in [5, 5.41) is 0. The third kappa shape index (κ3) is 1.85. The van der Waals surface area contributed by atoms with Crippen molar-refractivity contribution in [3.8, 4) is 0 Å². The Labute approximate surface area is 72.4 Å². The van der Waals surface area contributed by atoms with Crippen LogP contribution in [-0.4, -0.2) is 11.3 Å². The van der Waals surface area contributed by atoms with Gasteiger partial charge in [0, 0.05) is 6.20 Å². The Bertz CT molecular complexity index is 333. The van der Waals surface area contributed by atoms with E-state index in [0.717, 1.165) is 12.3 Å². The Hall–Kier alpha value is -1.39. The van der Waals surface area contributed by atoms with E-state index in [1.807, 2.05) is 0 Å². The summed E-state index contributed by atoms with van der Waals surface area (Å²) in [7, 11) is 0. The Morgan fingerprint density at radius 3 is 2.54 bits per heavy atom. The van der Waals surface area contributed by atoms with Gasteiger partial charge < -0.3 is 0 Å². The molecule has 0 saturated heterocycles. The minimum atomic E-state index is -4.43. The number of hydrogen-bond acceptors (Lipinski definition) is 2. The van der Waals surface area contributed by atoms with Gasteiger partial charge in [-0.1, -0.05) is 0 Å². The molecule has 0 amide bonds. The molecule has 0 spiro atoms. The molecule has 2 nitrogen and oxygen atoms in total. The summed E-state index contributed by atoms with van der Waals surface area (Å²) in [4.78, 5) is 13.8. The third-order valence-electron chi connectivity index (χ3n) is 1.66. The first kappa shape index (κ1) is 9.70. The van der Waals surface area contributed by atoms with Crippen molar-refractivity contribution in [3.05, 3.63) is 29.1 Å². The van der Waals surface area contributed by atoms with Crippen molar-refractivity contribution in [2.24, 2.45) is 0 Å². The Morgan fingerprint density at radius 2 is 2.08 bits per heavy atom. The van der Waals surface area contributed by atoms with Crippen molar-refractivity contribution in [1.82, 2.24) is 4.98 Å². The molecular weight excluding hydrogens is 183 g/mol. The van der Waals surface area contributed by atoms with Gasteiger partial charge in [-0.25, -0.2) is 0 Å². The summed E-state index contributed by atoms with van der Waals surface area (Å²) in [5.74, 6) is 0. The van der Waals surface area contributed by atoms with Gasteiger partial charge in [-0.3, -0.25) is 9.78 Å². The largest absolute Gasteiger partial charge is 0.416 e. The van der Waals surface area contributed by atoms with Crippen LogP contribution in [0.3, 0.4) is 0 Å². The number of aldehydes is 1. The number of pyridine rings is 1. The van der Waals surface area contributed by atoms with Gasteiger partial charge in [0.25, 0.3) is 0 Å². The van der Waals surface area contributed by atoms with Gasteiger partial charge in [-0.15, -0.1) is 0 Å². The summed E-state index contributed by atoms with van der Waals surface area (Å²) in [6.07, 6.45) is -3.14. The molecule has 1 aromatic rings. The molecule has 0 aromatic carbocycles. The molecule has 0 radical (unpaired) electrons. The van der Waals surface area contributed by atoms with E-state index < -0.39 is 11.7 Å². The topological polar surface area (TPSA) is 30.0 Å². The van der Waals surface area contributed by atoms with Crippen LogP contribution in [0.25, 0.3) is 0 Å². The Morgan fingerprint density at radius 1 is 1.46 bits per heavy atom. The van der Waals surface area contributed by atoms with Gasteiger partial charge in [0.1, 0.15) is 5.69 Å². The van der Waals surface area contributed by atoms with Crippen molar-refractivity contribution in [1.29, 1.82) is 0 Å². The molecule has 0 aliphatic heterocycles. The SMILES string of the molecule is Cc1c(C(F)(F)F)ccnc1C=O. The summed E-state index contributed by atoms with van der Waals surface area (Å²) < 4.78 is 36.7. The lowest BCUT2D eigenvalue weighted by molar-refractivity contribution is -0.138.